The van der Waals surface area contributed by atoms with Crippen LogP contribution in [0, 0.1) is 5.92 Å². The number of carbonyl (C=O) groups is 1. The minimum atomic E-state index is -0.0901. The van der Waals surface area contributed by atoms with E-state index in [9.17, 15) is 4.79 Å². The van der Waals surface area contributed by atoms with Gasteiger partial charge in [0.1, 0.15) is 0 Å². The van der Waals surface area contributed by atoms with Gasteiger partial charge < -0.3 is 9.80 Å². The van der Waals surface area contributed by atoms with Gasteiger partial charge >= 0.3 is 0 Å². The summed E-state index contributed by atoms with van der Waals surface area (Å²) < 4.78 is 0. The summed E-state index contributed by atoms with van der Waals surface area (Å²) in [7, 11) is 4.26. The topological polar surface area (TPSA) is 61.6 Å². The van der Waals surface area contributed by atoms with Gasteiger partial charge in [0, 0.05) is 19.0 Å². The molecule has 17 heavy (non-hydrogen) atoms. The minimum absolute atomic E-state index is 0.0901. The highest BCUT2D eigenvalue weighted by atomic mass is 16.2. The summed E-state index contributed by atoms with van der Waals surface area (Å²) in [6, 6.07) is 0.248. The molecule has 1 aliphatic heterocycles. The van der Waals surface area contributed by atoms with E-state index in [4.69, 9.17) is 5.84 Å². The smallest absolute Gasteiger partial charge is 0.235 e. The highest BCUT2D eigenvalue weighted by Crippen LogP contribution is 2.18. The number of likely N-dealkylation sites (tertiary alicyclic amines) is 1. The number of hydrogen-bond donors (Lipinski definition) is 2. The molecule has 1 aliphatic rings. The molecule has 1 amide bonds. The number of nitrogens with zero attached hydrogens (tertiary/aromatic N) is 2. The number of piperidine rings is 1. The zero-order valence-corrected chi connectivity index (χ0v) is 11.3. The molecule has 100 valence electrons. The summed E-state index contributed by atoms with van der Waals surface area (Å²) in [6.45, 7) is 5.53. The summed E-state index contributed by atoms with van der Waals surface area (Å²) in [4.78, 5) is 15.8. The van der Waals surface area contributed by atoms with Crippen molar-refractivity contribution in [3.63, 3.8) is 0 Å². The number of hydrazine groups is 1. The average molecular weight is 242 g/mol. The standard InChI is InChI=1S/C12H26N4O/c1-10(8-12(17)14-13)16(3)9-11-4-6-15(2)7-5-11/h10-11H,4-9,13H2,1-3H3,(H,14,17). The van der Waals surface area contributed by atoms with Gasteiger partial charge in [-0.25, -0.2) is 5.84 Å². The van der Waals surface area contributed by atoms with Crippen molar-refractivity contribution in [1.29, 1.82) is 0 Å². The Bertz CT molecular complexity index is 239. The Morgan fingerprint density at radius 3 is 2.65 bits per heavy atom. The number of carbonyl (C=O) groups excluding carboxylic acids is 1. The molecule has 1 fully saturated rings. The van der Waals surface area contributed by atoms with Crippen LogP contribution in [0.4, 0.5) is 0 Å². The molecule has 0 saturated carbocycles. The third-order valence-corrected chi connectivity index (χ3v) is 3.78. The van der Waals surface area contributed by atoms with E-state index in [1.165, 1.54) is 25.9 Å². The van der Waals surface area contributed by atoms with Gasteiger partial charge in [-0.2, -0.15) is 0 Å². The van der Waals surface area contributed by atoms with Crippen LogP contribution in [-0.4, -0.2) is 55.5 Å². The van der Waals surface area contributed by atoms with Crippen LogP contribution >= 0.6 is 0 Å². The molecule has 1 unspecified atom stereocenters. The van der Waals surface area contributed by atoms with Gasteiger partial charge in [0.2, 0.25) is 5.91 Å². The second kappa shape index (κ2) is 6.93. The minimum Gasteiger partial charge on any atom is -0.306 e. The highest BCUT2D eigenvalue weighted by Gasteiger charge is 2.21. The Morgan fingerprint density at radius 1 is 1.53 bits per heavy atom. The molecule has 0 aliphatic carbocycles. The number of amides is 1. The van der Waals surface area contributed by atoms with E-state index >= 15 is 0 Å². The van der Waals surface area contributed by atoms with Crippen molar-refractivity contribution in [1.82, 2.24) is 15.2 Å². The second-order valence-corrected chi connectivity index (χ2v) is 5.31. The van der Waals surface area contributed by atoms with Crippen molar-refractivity contribution < 1.29 is 4.79 Å². The molecule has 1 rings (SSSR count). The fraction of sp³-hybridized carbons (Fsp3) is 0.917. The molecule has 0 bridgehead atoms. The molecule has 5 heteroatoms. The van der Waals surface area contributed by atoms with E-state index in [1.54, 1.807) is 0 Å². The van der Waals surface area contributed by atoms with Crippen LogP contribution in [-0.2, 0) is 4.79 Å². The first kappa shape index (κ1) is 14.4. The van der Waals surface area contributed by atoms with Crippen molar-refractivity contribution >= 4 is 5.91 Å². The molecule has 1 heterocycles. The fourth-order valence-electron chi connectivity index (χ4n) is 2.31. The first-order chi connectivity index (χ1) is 8.02. The van der Waals surface area contributed by atoms with Crippen molar-refractivity contribution in [2.45, 2.75) is 32.2 Å². The monoisotopic (exact) mass is 242 g/mol. The lowest BCUT2D eigenvalue weighted by Gasteiger charge is -2.33. The molecule has 0 aromatic heterocycles. The van der Waals surface area contributed by atoms with Crippen LogP contribution in [0.1, 0.15) is 26.2 Å². The third kappa shape index (κ3) is 5.02. The van der Waals surface area contributed by atoms with Crippen LogP contribution in [0.2, 0.25) is 0 Å². The summed E-state index contributed by atoms with van der Waals surface area (Å²) in [6.07, 6.45) is 2.99. The number of nitrogens with two attached hydrogens (primary N) is 1. The van der Waals surface area contributed by atoms with Crippen LogP contribution in [0.25, 0.3) is 0 Å². The van der Waals surface area contributed by atoms with Gasteiger partial charge in [0.15, 0.2) is 0 Å². The van der Waals surface area contributed by atoms with Gasteiger partial charge in [-0.15, -0.1) is 0 Å². The molecule has 0 radical (unpaired) electrons. The predicted octanol–water partition coefficient (Wildman–Crippen LogP) is 0.0285. The number of nitrogens with one attached hydrogen (secondary N) is 1. The first-order valence-electron chi connectivity index (χ1n) is 6.41. The van der Waals surface area contributed by atoms with Crippen LogP contribution < -0.4 is 11.3 Å². The van der Waals surface area contributed by atoms with Gasteiger partial charge in [0.25, 0.3) is 0 Å². The molecule has 3 N–H and O–H groups in total. The molecule has 1 atom stereocenters. The molecule has 5 nitrogen and oxygen atoms in total. The van der Waals surface area contributed by atoms with Crippen LogP contribution in [0.5, 0.6) is 0 Å². The van der Waals surface area contributed by atoms with E-state index in [0.717, 1.165) is 12.5 Å². The van der Waals surface area contributed by atoms with Crippen molar-refractivity contribution in [3.8, 4) is 0 Å². The first-order valence-corrected chi connectivity index (χ1v) is 6.41. The van der Waals surface area contributed by atoms with Crippen LogP contribution in [0.15, 0.2) is 0 Å². The quantitative estimate of drug-likeness (QED) is 0.406. The van der Waals surface area contributed by atoms with Crippen LogP contribution in [0.3, 0.4) is 0 Å². The lowest BCUT2D eigenvalue weighted by atomic mass is 9.96. The van der Waals surface area contributed by atoms with Gasteiger partial charge in [-0.3, -0.25) is 10.2 Å². The summed E-state index contributed by atoms with van der Waals surface area (Å²) in [5.41, 5.74) is 2.19. The Morgan fingerprint density at radius 2 is 2.12 bits per heavy atom. The molecule has 1 saturated heterocycles. The Hall–Kier alpha value is -0.650. The third-order valence-electron chi connectivity index (χ3n) is 3.78. The maximum atomic E-state index is 11.2. The Balaban J connectivity index is 2.28. The molecular formula is C12H26N4O. The van der Waals surface area contributed by atoms with Crippen molar-refractivity contribution in [2.75, 3.05) is 33.7 Å². The largest absolute Gasteiger partial charge is 0.306 e. The average Bonchev–Trinajstić information content (AvgIpc) is 2.31. The maximum Gasteiger partial charge on any atom is 0.235 e. The highest BCUT2D eigenvalue weighted by molar-refractivity contribution is 5.75. The van der Waals surface area contributed by atoms with Gasteiger partial charge in [-0.1, -0.05) is 0 Å². The predicted molar refractivity (Wildman–Crippen MR) is 69.3 cm³/mol. The second-order valence-electron chi connectivity index (χ2n) is 5.31. The number of hydrogen-bond acceptors (Lipinski definition) is 4. The van der Waals surface area contributed by atoms with E-state index in [0.29, 0.717) is 6.42 Å². The zero-order chi connectivity index (χ0) is 12.8. The van der Waals surface area contributed by atoms with E-state index < -0.39 is 0 Å². The van der Waals surface area contributed by atoms with Crippen molar-refractivity contribution in [2.24, 2.45) is 11.8 Å². The molecule has 0 aromatic rings. The summed E-state index contributed by atoms with van der Waals surface area (Å²) >= 11 is 0. The van der Waals surface area contributed by atoms with E-state index in [1.807, 2.05) is 0 Å². The van der Waals surface area contributed by atoms with E-state index in [-0.39, 0.29) is 11.9 Å². The van der Waals surface area contributed by atoms with Crippen molar-refractivity contribution in [3.05, 3.63) is 0 Å². The molecule has 0 aromatic carbocycles. The molecular weight excluding hydrogens is 216 g/mol. The number of rotatable bonds is 5. The Labute approximate surface area is 104 Å². The van der Waals surface area contributed by atoms with Gasteiger partial charge in [0.05, 0.1) is 0 Å². The normalized spacial score (nSPS) is 20.5. The zero-order valence-electron chi connectivity index (χ0n) is 11.3. The fourth-order valence-corrected chi connectivity index (χ4v) is 2.31. The lowest BCUT2D eigenvalue weighted by Crippen LogP contribution is -2.41. The maximum absolute atomic E-state index is 11.2. The summed E-state index contributed by atoms with van der Waals surface area (Å²) in [5.74, 6) is 5.77. The lowest BCUT2D eigenvalue weighted by molar-refractivity contribution is -0.122. The Kier molecular flexibility index (Phi) is 5.88. The molecule has 0 spiro atoms. The van der Waals surface area contributed by atoms with Gasteiger partial charge in [-0.05, 0) is 52.9 Å². The van der Waals surface area contributed by atoms with E-state index in [2.05, 4.69) is 36.2 Å². The SMILES string of the molecule is CC(CC(=O)NN)N(C)CC1CCN(C)CC1. The summed E-state index contributed by atoms with van der Waals surface area (Å²) in [5, 5.41) is 0.